The van der Waals surface area contributed by atoms with Crippen molar-refractivity contribution in [1.82, 2.24) is 4.90 Å². The molecule has 0 aromatic carbocycles. The van der Waals surface area contributed by atoms with Gasteiger partial charge in [0.1, 0.15) is 6.61 Å². The molecule has 0 spiro atoms. The number of ketones is 1. The molecule has 1 saturated heterocycles. The zero-order valence-electron chi connectivity index (χ0n) is 12.4. The average Bonchev–Trinajstić information content (AvgIpc) is 2.44. The van der Waals surface area contributed by atoms with Crippen molar-refractivity contribution in [1.29, 1.82) is 0 Å². The summed E-state index contributed by atoms with van der Waals surface area (Å²) in [5.74, 6) is 4.76. The molecule has 1 fully saturated rings. The summed E-state index contributed by atoms with van der Waals surface area (Å²) in [7, 11) is 0. The Bertz CT molecular complexity index is 330. The predicted octanol–water partition coefficient (Wildman–Crippen LogP) is 0.425. The first-order chi connectivity index (χ1) is 9.72. The minimum Gasteiger partial charge on any atom is -0.377 e. The maximum absolute atomic E-state index is 11.0. The first-order valence-corrected chi connectivity index (χ1v) is 7.31. The number of likely N-dealkylation sites (tertiary alicyclic amines) is 1. The molecule has 1 atom stereocenters. The number of nitrogens with zero attached hydrogens (tertiary/aromatic N) is 1. The van der Waals surface area contributed by atoms with Gasteiger partial charge in [-0.25, -0.2) is 0 Å². The lowest BCUT2D eigenvalue weighted by atomic mass is 10.1. The van der Waals surface area contributed by atoms with Gasteiger partial charge < -0.3 is 20.1 Å². The van der Waals surface area contributed by atoms with E-state index in [1.165, 1.54) is 19.3 Å². The van der Waals surface area contributed by atoms with E-state index in [4.69, 9.17) is 15.2 Å². The van der Waals surface area contributed by atoms with Crippen LogP contribution < -0.4 is 5.73 Å². The third-order valence-corrected chi connectivity index (χ3v) is 3.14. The number of Topliss-reactive ketones (excluding diaryl/α,β-unsaturated/α-hetero) is 1. The van der Waals surface area contributed by atoms with Gasteiger partial charge in [-0.3, -0.25) is 4.79 Å². The van der Waals surface area contributed by atoms with E-state index >= 15 is 0 Å². The molecule has 0 radical (unpaired) electrons. The predicted molar refractivity (Wildman–Crippen MR) is 78.4 cm³/mol. The Labute approximate surface area is 121 Å². The summed E-state index contributed by atoms with van der Waals surface area (Å²) in [4.78, 5) is 13.4. The molecule has 1 heterocycles. The molecule has 20 heavy (non-hydrogen) atoms. The lowest BCUT2D eigenvalue weighted by molar-refractivity contribution is -0.118. The van der Waals surface area contributed by atoms with Crippen LogP contribution in [0.5, 0.6) is 0 Å². The van der Waals surface area contributed by atoms with Crippen molar-refractivity contribution in [2.45, 2.75) is 32.2 Å². The van der Waals surface area contributed by atoms with Gasteiger partial charge in [0.2, 0.25) is 5.78 Å². The fraction of sp³-hybridized carbons (Fsp3) is 0.800. The van der Waals surface area contributed by atoms with Gasteiger partial charge in [0.05, 0.1) is 19.8 Å². The van der Waals surface area contributed by atoms with Crippen molar-refractivity contribution < 1.29 is 14.3 Å². The quantitative estimate of drug-likeness (QED) is 0.377. The largest absolute Gasteiger partial charge is 0.377 e. The summed E-state index contributed by atoms with van der Waals surface area (Å²) in [5.41, 5.74) is 6.03. The SMILES string of the molecule is CC#CC(=O)COCCOCC(N)CN1CCCCC1. The monoisotopic (exact) mass is 282 g/mol. The smallest absolute Gasteiger partial charge is 0.231 e. The molecule has 0 amide bonds. The maximum atomic E-state index is 11.0. The molecule has 0 bridgehead atoms. The number of ether oxygens (including phenoxy) is 2. The van der Waals surface area contributed by atoms with Crippen LogP contribution in [0, 0.1) is 11.8 Å². The first-order valence-electron chi connectivity index (χ1n) is 7.31. The number of hydrogen-bond acceptors (Lipinski definition) is 5. The van der Waals surface area contributed by atoms with Crippen LogP contribution in [-0.2, 0) is 14.3 Å². The summed E-state index contributed by atoms with van der Waals surface area (Å²) in [5, 5.41) is 0. The molecule has 114 valence electrons. The van der Waals surface area contributed by atoms with E-state index in [2.05, 4.69) is 16.7 Å². The summed E-state index contributed by atoms with van der Waals surface area (Å²) in [6.45, 7) is 6.24. The van der Waals surface area contributed by atoms with Gasteiger partial charge in [0, 0.05) is 12.6 Å². The lowest BCUT2D eigenvalue weighted by Gasteiger charge is -2.28. The van der Waals surface area contributed by atoms with Gasteiger partial charge in [0.15, 0.2) is 0 Å². The molecule has 2 N–H and O–H groups in total. The van der Waals surface area contributed by atoms with Crippen molar-refractivity contribution in [2.75, 3.05) is 46.1 Å². The summed E-state index contributed by atoms with van der Waals surface area (Å²) >= 11 is 0. The number of nitrogens with two attached hydrogens (primary N) is 1. The third-order valence-electron chi connectivity index (χ3n) is 3.14. The van der Waals surface area contributed by atoms with E-state index in [-0.39, 0.29) is 18.4 Å². The number of hydrogen-bond donors (Lipinski definition) is 1. The average molecular weight is 282 g/mol. The van der Waals surface area contributed by atoms with Crippen LogP contribution in [0.25, 0.3) is 0 Å². The topological polar surface area (TPSA) is 64.8 Å². The summed E-state index contributed by atoms with van der Waals surface area (Å²) < 4.78 is 10.6. The van der Waals surface area contributed by atoms with Crippen molar-refractivity contribution in [3.63, 3.8) is 0 Å². The molecule has 5 heteroatoms. The molecule has 0 saturated carbocycles. The second kappa shape index (κ2) is 10.8. The third kappa shape index (κ3) is 8.28. The Morgan fingerprint density at radius 1 is 1.25 bits per heavy atom. The highest BCUT2D eigenvalue weighted by Gasteiger charge is 2.13. The van der Waals surface area contributed by atoms with Gasteiger partial charge in [-0.2, -0.15) is 0 Å². The molecule has 0 aliphatic carbocycles. The Balaban J connectivity index is 1.94. The molecule has 0 aromatic rings. The van der Waals surface area contributed by atoms with E-state index in [9.17, 15) is 4.79 Å². The van der Waals surface area contributed by atoms with Gasteiger partial charge in [0.25, 0.3) is 0 Å². The van der Waals surface area contributed by atoms with Crippen molar-refractivity contribution in [2.24, 2.45) is 5.73 Å². The van der Waals surface area contributed by atoms with Crippen LogP contribution >= 0.6 is 0 Å². The second-order valence-corrected chi connectivity index (χ2v) is 5.05. The number of piperidine rings is 1. The van der Waals surface area contributed by atoms with Crippen LogP contribution in [-0.4, -0.2) is 62.8 Å². The van der Waals surface area contributed by atoms with Crippen LogP contribution in [0.2, 0.25) is 0 Å². The molecule has 1 rings (SSSR count). The van der Waals surface area contributed by atoms with Crippen LogP contribution in [0.1, 0.15) is 26.2 Å². The molecule has 5 nitrogen and oxygen atoms in total. The highest BCUT2D eigenvalue weighted by Crippen LogP contribution is 2.08. The minimum absolute atomic E-state index is 0.0318. The van der Waals surface area contributed by atoms with E-state index in [0.717, 1.165) is 19.6 Å². The lowest BCUT2D eigenvalue weighted by Crippen LogP contribution is -2.42. The highest BCUT2D eigenvalue weighted by molar-refractivity contribution is 5.96. The van der Waals surface area contributed by atoms with Gasteiger partial charge in [-0.05, 0) is 38.8 Å². The Kier molecular flexibility index (Phi) is 9.25. The summed E-state index contributed by atoms with van der Waals surface area (Å²) in [6.07, 6.45) is 3.88. The minimum atomic E-state index is -0.200. The standard InChI is InChI=1S/C15H26N2O3/c1-2-6-15(18)13-20-10-9-19-12-14(16)11-17-7-4-3-5-8-17/h14H,3-5,7-13,16H2,1H3. The molecular weight excluding hydrogens is 256 g/mol. The fourth-order valence-corrected chi connectivity index (χ4v) is 2.22. The van der Waals surface area contributed by atoms with Crippen LogP contribution in [0.15, 0.2) is 0 Å². The Morgan fingerprint density at radius 2 is 1.95 bits per heavy atom. The Hall–Kier alpha value is -0.930. The van der Waals surface area contributed by atoms with Gasteiger partial charge >= 0.3 is 0 Å². The van der Waals surface area contributed by atoms with Crippen molar-refractivity contribution >= 4 is 5.78 Å². The molecular formula is C15H26N2O3. The van der Waals surface area contributed by atoms with E-state index in [1.54, 1.807) is 6.92 Å². The zero-order chi connectivity index (χ0) is 14.6. The molecule has 0 aromatic heterocycles. The Morgan fingerprint density at radius 3 is 2.65 bits per heavy atom. The number of rotatable bonds is 9. The molecule has 1 unspecified atom stereocenters. The second-order valence-electron chi connectivity index (χ2n) is 5.05. The van der Waals surface area contributed by atoms with Gasteiger partial charge in [-0.1, -0.05) is 12.3 Å². The van der Waals surface area contributed by atoms with E-state index < -0.39 is 0 Å². The number of carbonyl (C=O) groups is 1. The fourth-order valence-electron chi connectivity index (χ4n) is 2.22. The van der Waals surface area contributed by atoms with Crippen LogP contribution in [0.4, 0.5) is 0 Å². The molecule has 1 aliphatic rings. The van der Waals surface area contributed by atoms with E-state index in [1.807, 2.05) is 0 Å². The maximum Gasteiger partial charge on any atom is 0.231 e. The van der Waals surface area contributed by atoms with Crippen molar-refractivity contribution in [3.05, 3.63) is 0 Å². The normalized spacial score (nSPS) is 17.3. The zero-order valence-corrected chi connectivity index (χ0v) is 12.4. The van der Waals surface area contributed by atoms with Crippen LogP contribution in [0.3, 0.4) is 0 Å². The van der Waals surface area contributed by atoms with Gasteiger partial charge in [-0.15, -0.1) is 0 Å². The number of carbonyl (C=O) groups excluding carboxylic acids is 1. The highest BCUT2D eigenvalue weighted by atomic mass is 16.5. The van der Waals surface area contributed by atoms with E-state index in [0.29, 0.717) is 19.8 Å². The molecule has 1 aliphatic heterocycles. The van der Waals surface area contributed by atoms with Crippen molar-refractivity contribution in [3.8, 4) is 11.8 Å². The first kappa shape index (κ1) is 17.1. The summed E-state index contributed by atoms with van der Waals surface area (Å²) in [6, 6.07) is 0.0423.